The predicted molar refractivity (Wildman–Crippen MR) is 62.1 cm³/mol. The first-order chi connectivity index (χ1) is 7.49. The predicted octanol–water partition coefficient (Wildman–Crippen LogP) is -0.128. The number of carbonyl (C=O) groups is 1. The zero-order valence-corrected chi connectivity index (χ0v) is 10.1. The summed E-state index contributed by atoms with van der Waals surface area (Å²) in [4.78, 5) is 40.3. The van der Waals surface area contributed by atoms with Crippen LogP contribution in [0.15, 0.2) is 9.59 Å². The molecule has 1 aromatic rings. The lowest BCUT2D eigenvalue weighted by molar-refractivity contribution is -0.117. The number of rotatable bonds is 1. The third-order valence-corrected chi connectivity index (χ3v) is 3.06. The van der Waals surface area contributed by atoms with Crippen molar-refractivity contribution in [1.82, 2.24) is 9.97 Å². The third kappa shape index (κ3) is 1.82. The van der Waals surface area contributed by atoms with Gasteiger partial charge in [-0.2, -0.15) is 0 Å². The van der Waals surface area contributed by atoms with Gasteiger partial charge in [0.15, 0.2) is 0 Å². The molecule has 1 aromatic heterocycles. The minimum atomic E-state index is -0.562. The maximum absolute atomic E-state index is 11.6. The first-order valence-corrected chi connectivity index (χ1v) is 5.68. The van der Waals surface area contributed by atoms with Gasteiger partial charge in [-0.15, -0.1) is 0 Å². The van der Waals surface area contributed by atoms with Crippen molar-refractivity contribution in [3.8, 4) is 0 Å². The first-order valence-electron chi connectivity index (χ1n) is 4.76. The van der Waals surface area contributed by atoms with Crippen molar-refractivity contribution in [2.24, 2.45) is 0 Å². The number of alkyl halides is 1. The molecular formula is C9H10BrN3O3. The number of anilines is 1. The molecule has 0 bridgehead atoms. The number of aryl methyl sites for hydroxylation is 1. The van der Waals surface area contributed by atoms with E-state index >= 15 is 0 Å². The third-order valence-electron chi connectivity index (χ3n) is 2.45. The molecule has 16 heavy (non-hydrogen) atoms. The average Bonchev–Trinajstić information content (AvgIpc) is 2.43. The topological polar surface area (TPSA) is 86.0 Å². The average molecular weight is 288 g/mol. The number of hydrogen-bond acceptors (Lipinski definition) is 3. The van der Waals surface area contributed by atoms with Crippen LogP contribution in [0.5, 0.6) is 0 Å². The number of nitrogens with zero attached hydrogens (tertiary/aromatic N) is 1. The van der Waals surface area contributed by atoms with E-state index in [4.69, 9.17) is 0 Å². The van der Waals surface area contributed by atoms with Gasteiger partial charge in [0, 0.05) is 23.5 Å². The van der Waals surface area contributed by atoms with Gasteiger partial charge >= 0.3 is 5.69 Å². The molecule has 2 heterocycles. The molecule has 0 radical (unpaired) electrons. The molecule has 7 heteroatoms. The van der Waals surface area contributed by atoms with Crippen molar-refractivity contribution < 1.29 is 4.79 Å². The fourth-order valence-corrected chi connectivity index (χ4v) is 2.37. The summed E-state index contributed by atoms with van der Waals surface area (Å²) in [6.07, 6.45) is 0.359. The lowest BCUT2D eigenvalue weighted by Crippen LogP contribution is -2.35. The summed E-state index contributed by atoms with van der Waals surface area (Å²) in [5, 5.41) is 0. The van der Waals surface area contributed by atoms with E-state index < -0.39 is 11.2 Å². The van der Waals surface area contributed by atoms with Gasteiger partial charge in [0.1, 0.15) is 5.69 Å². The van der Waals surface area contributed by atoms with Gasteiger partial charge in [-0.1, -0.05) is 15.9 Å². The molecule has 1 unspecified atom stereocenters. The molecule has 1 aliphatic heterocycles. The van der Waals surface area contributed by atoms with Crippen LogP contribution in [-0.2, 0) is 4.79 Å². The second kappa shape index (κ2) is 3.89. The van der Waals surface area contributed by atoms with Crippen LogP contribution in [0.1, 0.15) is 12.1 Å². The largest absolute Gasteiger partial charge is 0.326 e. The number of H-pyrrole nitrogens is 2. The highest BCUT2D eigenvalue weighted by atomic mass is 79.9. The van der Waals surface area contributed by atoms with Crippen molar-refractivity contribution in [2.45, 2.75) is 18.2 Å². The van der Waals surface area contributed by atoms with Gasteiger partial charge in [0.2, 0.25) is 5.91 Å². The van der Waals surface area contributed by atoms with Crippen molar-refractivity contribution in [1.29, 1.82) is 0 Å². The Labute approximate surface area is 98.8 Å². The molecule has 0 aliphatic carbocycles. The Kier molecular flexibility index (Phi) is 2.71. The minimum absolute atomic E-state index is 0.0470. The van der Waals surface area contributed by atoms with Gasteiger partial charge in [0.05, 0.1) is 0 Å². The van der Waals surface area contributed by atoms with Crippen LogP contribution in [0.3, 0.4) is 0 Å². The molecule has 6 nitrogen and oxygen atoms in total. The zero-order chi connectivity index (χ0) is 11.9. The van der Waals surface area contributed by atoms with Crippen molar-refractivity contribution in [2.75, 3.05) is 11.4 Å². The number of amides is 1. The second-order valence-corrected chi connectivity index (χ2v) is 4.98. The van der Waals surface area contributed by atoms with Crippen molar-refractivity contribution in [3.05, 3.63) is 26.5 Å². The van der Waals surface area contributed by atoms with Crippen LogP contribution in [0, 0.1) is 6.92 Å². The van der Waals surface area contributed by atoms with Crippen molar-refractivity contribution in [3.63, 3.8) is 0 Å². The Hall–Kier alpha value is -1.37. The standard InChI is InChI=1S/C9H10BrN3O3/c1-4-7(8(15)12-9(16)11-4)13-3-5(10)2-6(13)14/h5H,2-3H2,1H3,(H2,11,12,15,16). The molecule has 0 saturated carbocycles. The number of hydrogen-bond donors (Lipinski definition) is 2. The summed E-state index contributed by atoms with van der Waals surface area (Å²) in [6, 6.07) is 0. The zero-order valence-electron chi connectivity index (χ0n) is 8.54. The van der Waals surface area contributed by atoms with E-state index in [0.717, 1.165) is 0 Å². The lowest BCUT2D eigenvalue weighted by Gasteiger charge is -2.16. The molecule has 0 aromatic carbocycles. The number of halogens is 1. The Morgan fingerprint density at radius 2 is 2.00 bits per heavy atom. The lowest BCUT2D eigenvalue weighted by atomic mass is 10.3. The number of carbonyl (C=O) groups excluding carboxylic acids is 1. The molecule has 2 N–H and O–H groups in total. The summed E-state index contributed by atoms with van der Waals surface area (Å²) in [7, 11) is 0. The molecule has 0 spiro atoms. The van der Waals surface area contributed by atoms with E-state index in [1.807, 2.05) is 0 Å². The smallest absolute Gasteiger partial charge is 0.309 e. The highest BCUT2D eigenvalue weighted by Crippen LogP contribution is 2.23. The Balaban J connectivity index is 2.53. The van der Waals surface area contributed by atoms with E-state index in [1.54, 1.807) is 6.92 Å². The summed E-state index contributed by atoms with van der Waals surface area (Å²) in [6.45, 7) is 2.04. The molecular weight excluding hydrogens is 278 g/mol. The summed E-state index contributed by atoms with van der Waals surface area (Å²) in [5.41, 5.74) is -0.459. The molecule has 1 amide bonds. The van der Waals surface area contributed by atoms with E-state index in [1.165, 1.54) is 4.90 Å². The molecule has 86 valence electrons. The fraction of sp³-hybridized carbons (Fsp3) is 0.444. The first kappa shape index (κ1) is 11.1. The monoisotopic (exact) mass is 287 g/mol. The van der Waals surface area contributed by atoms with Gasteiger partial charge in [-0.25, -0.2) is 4.79 Å². The molecule has 1 saturated heterocycles. The van der Waals surface area contributed by atoms with Crippen LogP contribution < -0.4 is 16.1 Å². The molecule has 1 aliphatic rings. The molecule has 1 atom stereocenters. The van der Waals surface area contributed by atoms with Crippen molar-refractivity contribution >= 4 is 27.5 Å². The van der Waals surface area contributed by atoms with E-state index in [2.05, 4.69) is 25.9 Å². The molecule has 2 rings (SSSR count). The van der Waals surface area contributed by atoms with E-state index in [-0.39, 0.29) is 16.4 Å². The Morgan fingerprint density at radius 1 is 1.31 bits per heavy atom. The van der Waals surface area contributed by atoms with Crippen LogP contribution in [0.25, 0.3) is 0 Å². The summed E-state index contributed by atoms with van der Waals surface area (Å²) >= 11 is 3.33. The number of nitrogens with one attached hydrogen (secondary N) is 2. The van der Waals surface area contributed by atoms with Gasteiger partial charge < -0.3 is 9.88 Å². The highest BCUT2D eigenvalue weighted by Gasteiger charge is 2.31. The number of aromatic nitrogens is 2. The number of aromatic amines is 2. The van der Waals surface area contributed by atoms with Crippen LogP contribution >= 0.6 is 15.9 Å². The maximum Gasteiger partial charge on any atom is 0.326 e. The summed E-state index contributed by atoms with van der Waals surface area (Å²) in [5.74, 6) is -0.123. The SMILES string of the molecule is Cc1[nH]c(=O)[nH]c(=O)c1N1CC(Br)CC1=O. The van der Waals surface area contributed by atoms with Gasteiger partial charge in [0.25, 0.3) is 5.56 Å². The van der Waals surface area contributed by atoms with Gasteiger partial charge in [-0.05, 0) is 6.92 Å². The highest BCUT2D eigenvalue weighted by molar-refractivity contribution is 9.09. The normalized spacial score (nSPS) is 20.5. The Morgan fingerprint density at radius 3 is 2.50 bits per heavy atom. The Bertz CT molecular complexity index is 548. The second-order valence-electron chi connectivity index (χ2n) is 3.69. The minimum Gasteiger partial charge on any atom is -0.309 e. The molecule has 1 fully saturated rings. The van der Waals surface area contributed by atoms with E-state index in [0.29, 0.717) is 18.7 Å². The van der Waals surface area contributed by atoms with Crippen LogP contribution in [0.4, 0.5) is 5.69 Å². The van der Waals surface area contributed by atoms with Crippen LogP contribution in [0.2, 0.25) is 0 Å². The summed E-state index contributed by atoms with van der Waals surface area (Å²) < 4.78 is 0. The fourth-order valence-electron chi connectivity index (χ4n) is 1.80. The maximum atomic E-state index is 11.6. The quantitative estimate of drug-likeness (QED) is 0.706. The van der Waals surface area contributed by atoms with E-state index in [9.17, 15) is 14.4 Å². The van der Waals surface area contributed by atoms with Gasteiger partial charge in [-0.3, -0.25) is 14.6 Å². The van der Waals surface area contributed by atoms with Crippen LogP contribution in [-0.4, -0.2) is 27.2 Å².